The lowest BCUT2D eigenvalue weighted by Gasteiger charge is -2.36. The molecular formula is C19H27N3O6S. The minimum Gasteiger partial charge on any atom is -0.445 e. The van der Waals surface area contributed by atoms with Crippen molar-refractivity contribution in [1.29, 1.82) is 0 Å². The van der Waals surface area contributed by atoms with Crippen molar-refractivity contribution in [3.63, 3.8) is 0 Å². The smallest absolute Gasteiger partial charge is 0.410 e. The molecule has 2 rings (SSSR count). The Balaban J connectivity index is 1.97. The third-order valence-electron chi connectivity index (χ3n) is 4.60. The predicted octanol–water partition coefficient (Wildman–Crippen LogP) is 1.50. The molecule has 0 radical (unpaired) electrons. The second kappa shape index (κ2) is 10.9. The number of ether oxygens (including phenoxy) is 2. The molecule has 0 spiro atoms. The molecule has 2 aliphatic rings. The van der Waals surface area contributed by atoms with Crippen molar-refractivity contribution in [2.45, 2.75) is 24.6 Å². The number of thioether (sulfide) groups is 1. The molecule has 29 heavy (non-hydrogen) atoms. The summed E-state index contributed by atoms with van der Waals surface area (Å²) in [6.07, 6.45) is 2.50. The maximum Gasteiger partial charge on any atom is 0.410 e. The molecule has 0 unspecified atom stereocenters. The molecule has 0 saturated carbocycles. The first kappa shape index (κ1) is 22.8. The molecule has 0 bridgehead atoms. The lowest BCUT2D eigenvalue weighted by Crippen LogP contribution is -2.55. The molecule has 2 saturated heterocycles. The fourth-order valence-corrected chi connectivity index (χ4v) is 4.36. The summed E-state index contributed by atoms with van der Waals surface area (Å²) >= 11 is 1.20. The number of carbonyl (C=O) groups is 4. The lowest BCUT2D eigenvalue weighted by atomic mass is 10.2. The van der Waals surface area contributed by atoms with Crippen LogP contribution in [0.15, 0.2) is 25.3 Å². The van der Waals surface area contributed by atoms with Gasteiger partial charge in [-0.2, -0.15) is 0 Å². The summed E-state index contributed by atoms with van der Waals surface area (Å²) in [5.41, 5.74) is 0. The molecule has 2 fully saturated rings. The Morgan fingerprint density at radius 3 is 2.38 bits per heavy atom. The molecule has 3 amide bonds. The molecule has 2 heterocycles. The highest BCUT2D eigenvalue weighted by Gasteiger charge is 2.39. The number of nitrogens with zero attached hydrogens (tertiary/aromatic N) is 3. The molecule has 0 aromatic rings. The second-order valence-corrected chi connectivity index (χ2v) is 8.24. The van der Waals surface area contributed by atoms with Crippen LogP contribution in [0.1, 0.15) is 13.3 Å². The standard InChI is InChI=1S/C19H27N3O6S/c1-4-8-27-18(25)21-7-6-20(17(24)13-21)11-15-10-16(29-14(3)23)12-22(15)19(26)28-9-5-2/h4-5,15-16H,1-2,6-13H2,3H3/t15-,16-/m0/s1. The van der Waals surface area contributed by atoms with Crippen LogP contribution in [-0.4, -0.2) is 95.1 Å². The highest BCUT2D eigenvalue weighted by atomic mass is 32.2. The van der Waals surface area contributed by atoms with Gasteiger partial charge in [0.15, 0.2) is 5.12 Å². The van der Waals surface area contributed by atoms with Gasteiger partial charge in [-0.05, 0) is 6.42 Å². The van der Waals surface area contributed by atoms with E-state index in [9.17, 15) is 19.2 Å². The van der Waals surface area contributed by atoms with E-state index in [1.54, 1.807) is 9.80 Å². The van der Waals surface area contributed by atoms with Crippen molar-refractivity contribution < 1.29 is 28.7 Å². The molecule has 0 aliphatic carbocycles. The SMILES string of the molecule is C=CCOC(=O)N1CCN(C[C@@H]2C[C@H](SC(C)=O)CN2C(=O)OCC=C)C(=O)C1. The van der Waals surface area contributed by atoms with Crippen LogP contribution in [0.4, 0.5) is 9.59 Å². The first-order valence-corrected chi connectivity index (χ1v) is 10.3. The average Bonchev–Trinajstić information content (AvgIpc) is 3.07. The summed E-state index contributed by atoms with van der Waals surface area (Å²) in [5, 5.41) is -0.0585. The van der Waals surface area contributed by atoms with Gasteiger partial charge in [-0.3, -0.25) is 14.5 Å². The summed E-state index contributed by atoms with van der Waals surface area (Å²) in [5.74, 6) is -0.214. The predicted molar refractivity (Wildman–Crippen MR) is 108 cm³/mol. The normalized spacial score (nSPS) is 21.7. The summed E-state index contributed by atoms with van der Waals surface area (Å²) < 4.78 is 10.1. The highest BCUT2D eigenvalue weighted by molar-refractivity contribution is 8.14. The van der Waals surface area contributed by atoms with Crippen LogP contribution in [0.25, 0.3) is 0 Å². The number of carbonyl (C=O) groups excluding carboxylic acids is 4. The number of hydrogen-bond donors (Lipinski definition) is 0. The van der Waals surface area contributed by atoms with Crippen LogP contribution in [-0.2, 0) is 19.1 Å². The topological polar surface area (TPSA) is 96.5 Å². The third-order valence-corrected chi connectivity index (χ3v) is 5.61. The van der Waals surface area contributed by atoms with Crippen LogP contribution in [0, 0.1) is 0 Å². The fourth-order valence-electron chi connectivity index (χ4n) is 3.34. The Bertz CT molecular complexity index is 670. The summed E-state index contributed by atoms with van der Waals surface area (Å²) in [4.78, 5) is 52.9. The van der Waals surface area contributed by atoms with Crippen molar-refractivity contribution in [3.8, 4) is 0 Å². The van der Waals surface area contributed by atoms with E-state index in [-0.39, 0.29) is 42.1 Å². The lowest BCUT2D eigenvalue weighted by molar-refractivity contribution is -0.136. The van der Waals surface area contributed by atoms with Gasteiger partial charge in [0.1, 0.15) is 19.8 Å². The molecule has 0 aromatic heterocycles. The van der Waals surface area contributed by atoms with Gasteiger partial charge in [-0.1, -0.05) is 37.1 Å². The van der Waals surface area contributed by atoms with Gasteiger partial charge in [-0.25, -0.2) is 9.59 Å². The second-order valence-electron chi connectivity index (χ2n) is 6.77. The first-order valence-electron chi connectivity index (χ1n) is 9.37. The van der Waals surface area contributed by atoms with E-state index in [1.165, 1.54) is 35.7 Å². The molecular weight excluding hydrogens is 398 g/mol. The number of likely N-dealkylation sites (tertiary alicyclic amines) is 1. The first-order chi connectivity index (χ1) is 13.8. The van der Waals surface area contributed by atoms with E-state index in [2.05, 4.69) is 13.2 Å². The zero-order valence-electron chi connectivity index (χ0n) is 16.6. The Morgan fingerprint density at radius 1 is 1.14 bits per heavy atom. The van der Waals surface area contributed by atoms with Gasteiger partial charge in [0.2, 0.25) is 5.91 Å². The van der Waals surface area contributed by atoms with E-state index in [0.29, 0.717) is 32.6 Å². The zero-order chi connectivity index (χ0) is 21.4. The van der Waals surface area contributed by atoms with E-state index >= 15 is 0 Å². The monoisotopic (exact) mass is 425 g/mol. The van der Waals surface area contributed by atoms with E-state index in [4.69, 9.17) is 9.47 Å². The van der Waals surface area contributed by atoms with E-state index in [1.807, 2.05) is 0 Å². The number of amides is 3. The number of piperazine rings is 1. The summed E-state index contributed by atoms with van der Waals surface area (Å²) in [6.45, 7) is 10.0. The largest absolute Gasteiger partial charge is 0.445 e. The average molecular weight is 426 g/mol. The summed E-state index contributed by atoms with van der Waals surface area (Å²) in [6, 6.07) is -0.257. The minimum absolute atomic E-state index is 0.0159. The van der Waals surface area contributed by atoms with Crippen LogP contribution in [0.5, 0.6) is 0 Å². The Labute approximate surface area is 174 Å². The maximum absolute atomic E-state index is 12.5. The van der Waals surface area contributed by atoms with Crippen molar-refractivity contribution in [2.24, 2.45) is 0 Å². The Morgan fingerprint density at radius 2 is 1.79 bits per heavy atom. The van der Waals surface area contributed by atoms with Gasteiger partial charge in [0, 0.05) is 38.4 Å². The third kappa shape index (κ3) is 6.52. The fraction of sp³-hybridized carbons (Fsp3) is 0.579. The molecule has 160 valence electrons. The van der Waals surface area contributed by atoms with Crippen molar-refractivity contribution in [1.82, 2.24) is 14.7 Å². The van der Waals surface area contributed by atoms with Gasteiger partial charge in [0.25, 0.3) is 0 Å². The van der Waals surface area contributed by atoms with E-state index in [0.717, 1.165) is 0 Å². The molecule has 9 nitrogen and oxygen atoms in total. The molecule has 2 atom stereocenters. The maximum atomic E-state index is 12.5. The minimum atomic E-state index is -0.550. The van der Waals surface area contributed by atoms with Crippen molar-refractivity contribution >= 4 is 35.0 Å². The van der Waals surface area contributed by atoms with Crippen LogP contribution < -0.4 is 0 Å². The van der Waals surface area contributed by atoms with E-state index < -0.39 is 12.2 Å². The molecule has 0 aromatic carbocycles. The van der Waals surface area contributed by atoms with Crippen molar-refractivity contribution in [2.75, 3.05) is 45.9 Å². The molecule has 10 heteroatoms. The van der Waals surface area contributed by atoms with Crippen LogP contribution >= 0.6 is 11.8 Å². The van der Waals surface area contributed by atoms with Gasteiger partial charge < -0.3 is 19.3 Å². The van der Waals surface area contributed by atoms with Gasteiger partial charge in [0.05, 0.1) is 6.04 Å². The summed E-state index contributed by atoms with van der Waals surface area (Å²) in [7, 11) is 0. The van der Waals surface area contributed by atoms with Crippen LogP contribution in [0.2, 0.25) is 0 Å². The highest BCUT2D eigenvalue weighted by Crippen LogP contribution is 2.29. The molecule has 0 N–H and O–H groups in total. The van der Waals surface area contributed by atoms with Crippen LogP contribution in [0.3, 0.4) is 0 Å². The van der Waals surface area contributed by atoms with Gasteiger partial charge in [-0.15, -0.1) is 0 Å². The zero-order valence-corrected chi connectivity index (χ0v) is 17.4. The quantitative estimate of drug-likeness (QED) is 0.570. The Kier molecular flexibility index (Phi) is 8.56. The Hall–Kier alpha value is -2.49. The van der Waals surface area contributed by atoms with Crippen molar-refractivity contribution in [3.05, 3.63) is 25.3 Å². The molecule has 2 aliphatic heterocycles. The van der Waals surface area contributed by atoms with Gasteiger partial charge >= 0.3 is 12.2 Å². The number of hydrogen-bond acceptors (Lipinski definition) is 7. The number of rotatable bonds is 7.